The molecule has 0 atom stereocenters. The first-order chi connectivity index (χ1) is 3.29. The molecule has 1 rings (SSSR count). The summed E-state index contributed by atoms with van der Waals surface area (Å²) in [4.78, 5) is 21.9. The monoisotopic (exact) mass is 499 g/mol. The Morgan fingerprint density at radius 3 is 2.00 bits per heavy atom. The molecule has 1 heterocycles. The van der Waals surface area contributed by atoms with Gasteiger partial charge in [-0.25, -0.2) is 0 Å². The zero-order valence-electron chi connectivity index (χ0n) is 5.12. The second-order valence-electron chi connectivity index (χ2n) is 1.01. The Bertz CT molecular complexity index is 226. The third-order valence-corrected chi connectivity index (χ3v) is 1.15. The van der Waals surface area contributed by atoms with Gasteiger partial charge in [-0.2, -0.15) is 0 Å². The summed E-state index contributed by atoms with van der Waals surface area (Å²) >= 11 is 0.881. The van der Waals surface area contributed by atoms with Crippen molar-refractivity contribution in [3.8, 4) is 0 Å². The minimum absolute atomic E-state index is 0. The van der Waals surface area contributed by atoms with Crippen molar-refractivity contribution < 1.29 is 42.1 Å². The fraction of sp³-hybridized carbons (Fsp3) is 0. The summed E-state index contributed by atoms with van der Waals surface area (Å²) in [7, 11) is 0. The number of aromatic amines is 1. The minimum Gasteiger partial charge on any atom is -0.374 e. The molecule has 0 unspecified atom stereocenters. The molecule has 6 heteroatoms. The van der Waals surface area contributed by atoms with Crippen LogP contribution in [0.25, 0.3) is 0 Å². The average Bonchev–Trinajstić information content (AvgIpc) is 1.87. The molecule has 0 aliphatic rings. The van der Waals surface area contributed by atoms with E-state index in [4.69, 9.17) is 0 Å². The van der Waals surface area contributed by atoms with E-state index < -0.39 is 0 Å². The topological polar surface area (TPSA) is 49.9 Å². The number of hydrogen-bond donors (Lipinski definition) is 1. The smallest absolute Gasteiger partial charge is 0.374 e. The maximum atomic E-state index is 10.1. The predicted molar refractivity (Wildman–Crippen MR) is 33.2 cm³/mol. The van der Waals surface area contributed by atoms with E-state index in [0.29, 0.717) is 0 Å². The third kappa shape index (κ3) is 5.40. The molecule has 0 aliphatic carbocycles. The van der Waals surface area contributed by atoms with Gasteiger partial charge in [-0.05, 0) is 0 Å². The summed E-state index contributed by atoms with van der Waals surface area (Å²) in [6.45, 7) is 0. The molecule has 1 N–H and O–H groups in total. The first-order valence-corrected chi connectivity index (χ1v) is 2.52. The number of thiazole rings is 1. The van der Waals surface area contributed by atoms with Crippen LogP contribution >= 0.6 is 11.3 Å². The molecule has 0 fully saturated rings. The van der Waals surface area contributed by atoms with E-state index in [2.05, 4.69) is 0 Å². The van der Waals surface area contributed by atoms with Gasteiger partial charge >= 0.3 is 21.1 Å². The number of nitrogens with one attached hydrogen (secondary N) is 1. The molecular formula is C4H5NO2SW2. The molecule has 0 aromatic carbocycles. The molecule has 0 amide bonds. The van der Waals surface area contributed by atoms with Gasteiger partial charge in [0.05, 0.1) is 0 Å². The molecule has 0 aliphatic heterocycles. The van der Waals surface area contributed by atoms with Crippen molar-refractivity contribution in [2.45, 2.75) is 0 Å². The normalized spacial score (nSPS) is 6.40. The molecule has 0 bridgehead atoms. The van der Waals surface area contributed by atoms with Crippen LogP contribution in [0.3, 0.4) is 0 Å². The molecule has 56 valence electrons. The van der Waals surface area contributed by atoms with Crippen LogP contribution in [0.4, 0.5) is 0 Å². The average molecular weight is 499 g/mol. The molecule has 3 nitrogen and oxygen atoms in total. The second kappa shape index (κ2) is 7.71. The molecular weight excluding hydrogens is 494 g/mol. The molecule has 0 saturated carbocycles. The van der Waals surface area contributed by atoms with Crippen molar-refractivity contribution in [2.75, 3.05) is 0 Å². The Morgan fingerprint density at radius 2 is 1.90 bits per heavy atom. The van der Waals surface area contributed by atoms with E-state index in [1.165, 1.54) is 5.38 Å². The third-order valence-electron chi connectivity index (χ3n) is 0.498. The van der Waals surface area contributed by atoms with Crippen molar-refractivity contribution in [2.24, 2.45) is 0 Å². The molecule has 1 aromatic heterocycles. The van der Waals surface area contributed by atoms with Crippen LogP contribution < -0.4 is 10.4 Å². The molecule has 0 saturated heterocycles. The zero-order valence-corrected chi connectivity index (χ0v) is 11.8. The van der Waals surface area contributed by atoms with E-state index >= 15 is 0 Å². The predicted octanol–water partition coefficient (Wildman–Crippen LogP) is -0.0392. The first kappa shape index (κ1) is 16.9. The van der Waals surface area contributed by atoms with Gasteiger partial charge in [0.15, 0.2) is 5.56 Å². The van der Waals surface area contributed by atoms with Gasteiger partial charge in [0.25, 0.3) is 0 Å². The second-order valence-corrected chi connectivity index (χ2v) is 1.85. The van der Waals surface area contributed by atoms with Gasteiger partial charge < -0.3 is 17.2 Å². The van der Waals surface area contributed by atoms with Crippen LogP contribution in [0.5, 0.6) is 0 Å². The summed E-state index contributed by atoms with van der Waals surface area (Å²) in [6.07, 6.45) is 0. The van der Waals surface area contributed by atoms with Gasteiger partial charge in [0.2, 0.25) is 0 Å². The van der Waals surface area contributed by atoms with Crippen molar-refractivity contribution in [3.05, 3.63) is 32.8 Å². The fourth-order valence-electron chi connectivity index (χ4n) is 0.267. The quantitative estimate of drug-likeness (QED) is 0.511. The summed E-state index contributed by atoms with van der Waals surface area (Å²) in [5, 5.41) is 1.24. The number of H-pyrrole nitrogens is 1. The largest absolute Gasteiger partial charge is 2.00 e. The van der Waals surface area contributed by atoms with Crippen LogP contribution in [-0.4, -0.2) is 4.98 Å². The molecule has 0 radical (unpaired) electrons. The Balaban J connectivity index is -0.000000163. The van der Waals surface area contributed by atoms with Crippen LogP contribution in [-0.2, 0) is 42.1 Å². The summed E-state index contributed by atoms with van der Waals surface area (Å²) in [6, 6.07) is 0. The Hall–Kier alpha value is 0.607. The van der Waals surface area contributed by atoms with Crippen LogP contribution in [0.2, 0.25) is 0 Å². The molecule has 0 spiro atoms. The maximum absolute atomic E-state index is 10.1. The van der Waals surface area contributed by atoms with Crippen LogP contribution in [0, 0.1) is 7.43 Å². The fourth-order valence-corrected chi connectivity index (χ4v) is 0.699. The summed E-state index contributed by atoms with van der Waals surface area (Å²) in [5.41, 5.74) is -0.310. The maximum Gasteiger partial charge on any atom is 2.00 e. The number of rotatable bonds is 0. The summed E-state index contributed by atoms with van der Waals surface area (Å²) in [5.74, 6) is 0. The van der Waals surface area contributed by atoms with Crippen molar-refractivity contribution in [1.82, 2.24) is 4.98 Å². The first-order valence-electron chi connectivity index (χ1n) is 1.64. The standard InChI is InChI=1S/C3H2NO2S.CH3.2W/c5-2-1-7-3(6)4-2;;;/h1H,(H,4,5,6);1H3;;/q2*-1;;+2. The van der Waals surface area contributed by atoms with Crippen LogP contribution in [0.15, 0.2) is 15.0 Å². The van der Waals surface area contributed by atoms with E-state index in [1.807, 2.05) is 4.98 Å². The Kier molecular flexibility index (Phi) is 13.0. The van der Waals surface area contributed by atoms with Gasteiger partial charge in [-0.15, -0.1) is 0 Å². The van der Waals surface area contributed by atoms with Crippen molar-refractivity contribution >= 4 is 11.3 Å². The minimum atomic E-state index is -0.310. The van der Waals surface area contributed by atoms with Crippen molar-refractivity contribution in [1.29, 1.82) is 0 Å². The SMILES string of the molecule is O=c1[cH-]sc(=O)[nH]1.[CH3-].[W+2].[W]. The number of hydrogen-bond acceptors (Lipinski definition) is 3. The van der Waals surface area contributed by atoms with Gasteiger partial charge in [-0.3, -0.25) is 16.1 Å². The van der Waals surface area contributed by atoms with E-state index in [-0.39, 0.29) is 60.0 Å². The van der Waals surface area contributed by atoms with Gasteiger partial charge in [0, 0.05) is 21.1 Å². The molecule has 10 heavy (non-hydrogen) atoms. The van der Waals surface area contributed by atoms with E-state index in [1.54, 1.807) is 0 Å². The molecule has 1 aromatic rings. The van der Waals surface area contributed by atoms with E-state index in [0.717, 1.165) is 11.3 Å². The van der Waals surface area contributed by atoms with Gasteiger partial charge in [0.1, 0.15) is 4.87 Å². The number of aromatic nitrogens is 1. The van der Waals surface area contributed by atoms with Gasteiger partial charge in [-0.1, -0.05) is 5.38 Å². The van der Waals surface area contributed by atoms with E-state index in [9.17, 15) is 9.59 Å². The summed E-state index contributed by atoms with van der Waals surface area (Å²) < 4.78 is 0. The Morgan fingerprint density at radius 1 is 1.40 bits per heavy atom. The van der Waals surface area contributed by atoms with Crippen molar-refractivity contribution in [3.63, 3.8) is 0 Å². The van der Waals surface area contributed by atoms with Crippen LogP contribution in [0.1, 0.15) is 0 Å². The Labute approximate surface area is 90.8 Å². The zero-order chi connectivity index (χ0) is 5.28.